The molecule has 0 bridgehead atoms. The summed E-state index contributed by atoms with van der Waals surface area (Å²) in [4.78, 5) is 16.9. The quantitative estimate of drug-likeness (QED) is 0.609. The molecule has 3 aromatic rings. The second-order valence-electron chi connectivity index (χ2n) is 5.59. The smallest absolute Gasteiger partial charge is 0.255 e. The van der Waals surface area contributed by atoms with Crippen molar-refractivity contribution >= 4 is 38.9 Å². The maximum atomic E-state index is 12.5. The standard InChI is InChI=1S/C19H17BrN2O2S/c1-12-8-15(20)6-7-18(12)22-19(23)14-4-3-5-17(9-14)24-10-16-11-25-13(2)21-16/h3-9,11H,10H2,1-2H3,(H,22,23). The van der Waals surface area contributed by atoms with E-state index in [2.05, 4.69) is 26.2 Å². The van der Waals surface area contributed by atoms with Gasteiger partial charge in [-0.2, -0.15) is 0 Å². The molecule has 0 atom stereocenters. The molecule has 1 amide bonds. The third kappa shape index (κ3) is 4.67. The number of benzene rings is 2. The summed E-state index contributed by atoms with van der Waals surface area (Å²) < 4.78 is 6.73. The number of amides is 1. The van der Waals surface area contributed by atoms with E-state index in [1.54, 1.807) is 23.5 Å². The number of ether oxygens (including phenoxy) is 1. The maximum Gasteiger partial charge on any atom is 0.255 e. The molecule has 2 aromatic carbocycles. The second kappa shape index (κ2) is 7.80. The van der Waals surface area contributed by atoms with Crippen molar-refractivity contribution in [2.45, 2.75) is 20.5 Å². The molecule has 0 spiro atoms. The Balaban J connectivity index is 1.68. The van der Waals surface area contributed by atoms with Crippen LogP contribution in [0, 0.1) is 13.8 Å². The number of rotatable bonds is 5. The number of aromatic nitrogens is 1. The summed E-state index contributed by atoms with van der Waals surface area (Å²) in [6, 6.07) is 12.9. The summed E-state index contributed by atoms with van der Waals surface area (Å²) in [6.45, 7) is 4.31. The van der Waals surface area contributed by atoms with Crippen molar-refractivity contribution < 1.29 is 9.53 Å². The van der Waals surface area contributed by atoms with Crippen LogP contribution in [0.5, 0.6) is 5.75 Å². The van der Waals surface area contributed by atoms with E-state index in [1.165, 1.54) is 0 Å². The van der Waals surface area contributed by atoms with Gasteiger partial charge in [-0.3, -0.25) is 4.79 Å². The van der Waals surface area contributed by atoms with Crippen molar-refractivity contribution in [3.05, 3.63) is 74.1 Å². The van der Waals surface area contributed by atoms with Crippen molar-refractivity contribution in [1.29, 1.82) is 0 Å². The van der Waals surface area contributed by atoms with Gasteiger partial charge < -0.3 is 10.1 Å². The fraction of sp³-hybridized carbons (Fsp3) is 0.158. The zero-order valence-electron chi connectivity index (χ0n) is 13.9. The Labute approximate surface area is 159 Å². The molecule has 0 fully saturated rings. The van der Waals surface area contributed by atoms with Gasteiger partial charge in [0.15, 0.2) is 0 Å². The lowest BCUT2D eigenvalue weighted by Gasteiger charge is -2.10. The minimum absolute atomic E-state index is 0.166. The minimum Gasteiger partial charge on any atom is -0.487 e. The molecule has 0 radical (unpaired) electrons. The van der Waals surface area contributed by atoms with Crippen molar-refractivity contribution in [3.8, 4) is 5.75 Å². The number of nitrogens with zero attached hydrogens (tertiary/aromatic N) is 1. The number of carbonyl (C=O) groups is 1. The second-order valence-corrected chi connectivity index (χ2v) is 7.57. The first-order valence-electron chi connectivity index (χ1n) is 7.72. The predicted octanol–water partition coefficient (Wildman–Crippen LogP) is 5.35. The van der Waals surface area contributed by atoms with E-state index < -0.39 is 0 Å². The van der Waals surface area contributed by atoms with Crippen molar-refractivity contribution in [2.75, 3.05) is 5.32 Å². The minimum atomic E-state index is -0.166. The van der Waals surface area contributed by atoms with Gasteiger partial charge in [0.1, 0.15) is 12.4 Å². The Morgan fingerprint density at radius 3 is 2.80 bits per heavy atom. The number of aryl methyl sites for hydroxylation is 2. The van der Waals surface area contributed by atoms with Crippen LogP contribution in [0.1, 0.15) is 26.6 Å². The van der Waals surface area contributed by atoms with Gasteiger partial charge in [-0.05, 0) is 55.8 Å². The van der Waals surface area contributed by atoms with Crippen LogP contribution < -0.4 is 10.1 Å². The van der Waals surface area contributed by atoms with Crippen molar-refractivity contribution in [3.63, 3.8) is 0 Å². The normalized spacial score (nSPS) is 10.5. The highest BCUT2D eigenvalue weighted by Crippen LogP contribution is 2.22. The molecule has 6 heteroatoms. The molecule has 4 nitrogen and oxygen atoms in total. The van der Waals surface area contributed by atoms with Crippen LogP contribution in [0.3, 0.4) is 0 Å². The number of hydrogen-bond donors (Lipinski definition) is 1. The van der Waals surface area contributed by atoms with Gasteiger partial charge in [0.2, 0.25) is 0 Å². The Kier molecular flexibility index (Phi) is 5.50. The van der Waals surface area contributed by atoms with Gasteiger partial charge in [0, 0.05) is 21.1 Å². The predicted molar refractivity (Wildman–Crippen MR) is 104 cm³/mol. The molecule has 0 aliphatic rings. The number of hydrogen-bond acceptors (Lipinski definition) is 4. The SMILES string of the molecule is Cc1nc(COc2cccc(C(=O)Nc3ccc(Br)cc3C)c2)cs1. The van der Waals surface area contributed by atoms with Crippen LogP contribution >= 0.6 is 27.3 Å². The van der Waals surface area contributed by atoms with Crippen LogP contribution in [0.25, 0.3) is 0 Å². The van der Waals surface area contributed by atoms with Gasteiger partial charge in [-0.1, -0.05) is 22.0 Å². The van der Waals surface area contributed by atoms with E-state index in [4.69, 9.17) is 4.74 Å². The molecule has 1 N–H and O–H groups in total. The highest BCUT2D eigenvalue weighted by molar-refractivity contribution is 9.10. The topological polar surface area (TPSA) is 51.2 Å². The number of carbonyl (C=O) groups excluding carboxylic acids is 1. The molecule has 3 rings (SSSR count). The van der Waals surface area contributed by atoms with Crippen LogP contribution in [-0.4, -0.2) is 10.9 Å². The molecule has 0 saturated carbocycles. The van der Waals surface area contributed by atoms with Gasteiger partial charge >= 0.3 is 0 Å². The molecule has 0 unspecified atom stereocenters. The van der Waals surface area contributed by atoms with E-state index in [1.807, 2.05) is 49.6 Å². The molecule has 0 aliphatic carbocycles. The fourth-order valence-corrected chi connectivity index (χ4v) is 3.39. The number of halogens is 1. The largest absolute Gasteiger partial charge is 0.487 e. The van der Waals surface area contributed by atoms with E-state index in [9.17, 15) is 4.79 Å². The van der Waals surface area contributed by atoms with Gasteiger partial charge in [-0.25, -0.2) is 4.98 Å². The molecule has 128 valence electrons. The molecule has 0 aliphatic heterocycles. The lowest BCUT2D eigenvalue weighted by Crippen LogP contribution is -2.12. The van der Waals surface area contributed by atoms with E-state index >= 15 is 0 Å². The van der Waals surface area contributed by atoms with Crippen LogP contribution in [0.2, 0.25) is 0 Å². The lowest BCUT2D eigenvalue weighted by molar-refractivity contribution is 0.102. The molecule has 0 saturated heterocycles. The average Bonchev–Trinajstić information content (AvgIpc) is 3.01. The molecule has 1 heterocycles. The zero-order valence-corrected chi connectivity index (χ0v) is 16.3. The van der Waals surface area contributed by atoms with Crippen molar-refractivity contribution in [1.82, 2.24) is 4.98 Å². The van der Waals surface area contributed by atoms with Crippen LogP contribution in [-0.2, 0) is 6.61 Å². The van der Waals surface area contributed by atoms with Crippen LogP contribution in [0.4, 0.5) is 5.69 Å². The molecule has 25 heavy (non-hydrogen) atoms. The molecule has 1 aromatic heterocycles. The zero-order chi connectivity index (χ0) is 17.8. The first-order valence-corrected chi connectivity index (χ1v) is 9.40. The molecular formula is C19H17BrN2O2S. The number of anilines is 1. The Morgan fingerprint density at radius 1 is 1.24 bits per heavy atom. The summed E-state index contributed by atoms with van der Waals surface area (Å²) in [6.07, 6.45) is 0. The molecular weight excluding hydrogens is 400 g/mol. The Hall–Kier alpha value is -2.18. The number of thiazole rings is 1. The Bertz CT molecular complexity index is 908. The third-order valence-electron chi connectivity index (χ3n) is 3.59. The van der Waals surface area contributed by atoms with Gasteiger partial charge in [0.05, 0.1) is 10.7 Å². The average molecular weight is 417 g/mol. The van der Waals surface area contributed by atoms with Crippen LogP contribution in [0.15, 0.2) is 52.3 Å². The first kappa shape index (κ1) is 17.6. The highest BCUT2D eigenvalue weighted by Gasteiger charge is 2.09. The van der Waals surface area contributed by atoms with E-state index in [0.29, 0.717) is 17.9 Å². The van der Waals surface area contributed by atoms with Gasteiger partial charge in [-0.15, -0.1) is 11.3 Å². The summed E-state index contributed by atoms with van der Waals surface area (Å²) in [5.74, 6) is 0.478. The number of nitrogens with one attached hydrogen (secondary N) is 1. The van der Waals surface area contributed by atoms with Crippen molar-refractivity contribution in [2.24, 2.45) is 0 Å². The summed E-state index contributed by atoms with van der Waals surface area (Å²) in [7, 11) is 0. The van der Waals surface area contributed by atoms with Gasteiger partial charge in [0.25, 0.3) is 5.91 Å². The third-order valence-corrected chi connectivity index (χ3v) is 4.90. The van der Waals surface area contributed by atoms with E-state index in [-0.39, 0.29) is 5.91 Å². The lowest BCUT2D eigenvalue weighted by atomic mass is 10.1. The monoisotopic (exact) mass is 416 g/mol. The summed E-state index contributed by atoms with van der Waals surface area (Å²) in [5.41, 5.74) is 3.23. The maximum absolute atomic E-state index is 12.5. The summed E-state index contributed by atoms with van der Waals surface area (Å²) >= 11 is 5.01. The Morgan fingerprint density at radius 2 is 2.08 bits per heavy atom. The first-order chi connectivity index (χ1) is 12.0. The fourth-order valence-electron chi connectivity index (χ4n) is 2.32. The summed E-state index contributed by atoms with van der Waals surface area (Å²) in [5, 5.41) is 5.92. The highest BCUT2D eigenvalue weighted by atomic mass is 79.9. The van der Waals surface area contributed by atoms with E-state index in [0.717, 1.165) is 26.4 Å².